The van der Waals surface area contributed by atoms with E-state index in [2.05, 4.69) is 15.9 Å². The Labute approximate surface area is 131 Å². The first kappa shape index (κ1) is 14.5. The lowest BCUT2D eigenvalue weighted by Crippen LogP contribution is -2.24. The predicted octanol–water partition coefficient (Wildman–Crippen LogP) is 4.38. The molecule has 2 nitrogen and oxygen atoms in total. The van der Waals surface area contributed by atoms with Crippen LogP contribution < -0.4 is 4.74 Å². The predicted molar refractivity (Wildman–Crippen MR) is 83.0 cm³/mol. The molecule has 1 N–H and O–H groups in total. The van der Waals surface area contributed by atoms with Crippen LogP contribution in [0, 0.1) is 5.82 Å². The molecule has 0 radical (unpaired) electrons. The van der Waals surface area contributed by atoms with Crippen LogP contribution in [0.3, 0.4) is 0 Å². The molecule has 0 amide bonds. The Balaban J connectivity index is 1.95. The molecule has 0 aliphatic carbocycles. The second-order valence-electron chi connectivity index (χ2n) is 5.97. The van der Waals surface area contributed by atoms with Crippen molar-refractivity contribution in [2.24, 2.45) is 0 Å². The maximum atomic E-state index is 13.2. The lowest BCUT2D eigenvalue weighted by molar-refractivity contribution is 0.138. The van der Waals surface area contributed by atoms with Crippen molar-refractivity contribution in [1.82, 2.24) is 0 Å². The van der Waals surface area contributed by atoms with Gasteiger partial charge in [-0.25, -0.2) is 4.39 Å². The van der Waals surface area contributed by atoms with Crippen molar-refractivity contribution < 1.29 is 14.2 Å². The van der Waals surface area contributed by atoms with E-state index < -0.39 is 6.10 Å². The number of halogens is 2. The fourth-order valence-corrected chi connectivity index (χ4v) is 3.27. The van der Waals surface area contributed by atoms with Crippen LogP contribution in [0.1, 0.15) is 36.6 Å². The molecule has 21 heavy (non-hydrogen) atoms. The fourth-order valence-electron chi connectivity index (χ4n) is 2.70. The van der Waals surface area contributed by atoms with E-state index in [-0.39, 0.29) is 11.4 Å². The Hall–Kier alpha value is -1.39. The summed E-state index contributed by atoms with van der Waals surface area (Å²) in [5, 5.41) is 10.5. The molecule has 0 spiro atoms. The highest BCUT2D eigenvalue weighted by molar-refractivity contribution is 9.10. The number of benzene rings is 2. The van der Waals surface area contributed by atoms with Gasteiger partial charge in [-0.2, -0.15) is 0 Å². The van der Waals surface area contributed by atoms with Crippen molar-refractivity contribution in [2.45, 2.75) is 32.0 Å². The quantitative estimate of drug-likeness (QED) is 0.870. The van der Waals surface area contributed by atoms with Gasteiger partial charge in [0.1, 0.15) is 23.3 Å². The fraction of sp³-hybridized carbons (Fsp3) is 0.294. The van der Waals surface area contributed by atoms with Crippen LogP contribution in [0.25, 0.3) is 0 Å². The van der Waals surface area contributed by atoms with Crippen LogP contribution in [-0.4, -0.2) is 10.7 Å². The van der Waals surface area contributed by atoms with Gasteiger partial charge < -0.3 is 9.84 Å². The lowest BCUT2D eigenvalue weighted by Gasteiger charge is -2.16. The van der Waals surface area contributed by atoms with Crippen molar-refractivity contribution >= 4 is 15.9 Å². The monoisotopic (exact) mass is 350 g/mol. The van der Waals surface area contributed by atoms with E-state index in [4.69, 9.17) is 4.74 Å². The first-order valence-corrected chi connectivity index (χ1v) is 7.60. The highest BCUT2D eigenvalue weighted by Crippen LogP contribution is 2.38. The number of aliphatic hydroxyl groups excluding tert-OH is 1. The Morgan fingerprint density at radius 3 is 2.71 bits per heavy atom. The van der Waals surface area contributed by atoms with E-state index >= 15 is 0 Å². The minimum Gasteiger partial charge on any atom is -0.487 e. The Kier molecular flexibility index (Phi) is 3.54. The van der Waals surface area contributed by atoms with E-state index in [9.17, 15) is 9.50 Å². The molecule has 1 atom stereocenters. The summed E-state index contributed by atoms with van der Waals surface area (Å²) in [6.45, 7) is 4.08. The van der Waals surface area contributed by atoms with Gasteiger partial charge in [-0.3, -0.25) is 0 Å². The molecule has 1 aliphatic heterocycles. The molecule has 2 aromatic rings. The zero-order chi connectivity index (χ0) is 15.2. The minimum absolute atomic E-state index is 0.206. The smallest absolute Gasteiger partial charge is 0.124 e. The van der Waals surface area contributed by atoms with Gasteiger partial charge in [-0.15, -0.1) is 0 Å². The summed E-state index contributed by atoms with van der Waals surface area (Å²) < 4.78 is 19.5. The summed E-state index contributed by atoms with van der Waals surface area (Å²) in [5.74, 6) is 0.538. The molecule has 0 bridgehead atoms. The largest absolute Gasteiger partial charge is 0.487 e. The van der Waals surface area contributed by atoms with Crippen molar-refractivity contribution in [3.63, 3.8) is 0 Å². The number of hydrogen-bond acceptors (Lipinski definition) is 2. The third kappa shape index (κ3) is 2.83. The van der Waals surface area contributed by atoms with Crippen molar-refractivity contribution in [2.75, 3.05) is 0 Å². The average Bonchev–Trinajstić information content (AvgIpc) is 2.70. The third-order valence-corrected chi connectivity index (χ3v) is 4.35. The van der Waals surface area contributed by atoms with Crippen molar-refractivity contribution in [3.05, 3.63) is 63.4 Å². The first-order valence-electron chi connectivity index (χ1n) is 6.80. The van der Waals surface area contributed by atoms with Gasteiger partial charge in [-0.05, 0) is 54.8 Å². The first-order chi connectivity index (χ1) is 9.85. The summed E-state index contributed by atoms with van der Waals surface area (Å²) in [6, 6.07) is 10.0. The molecule has 0 saturated carbocycles. The number of hydrogen-bond donors (Lipinski definition) is 1. The van der Waals surface area contributed by atoms with E-state index in [0.29, 0.717) is 10.0 Å². The normalized spacial score (nSPS) is 17.2. The Morgan fingerprint density at radius 1 is 1.24 bits per heavy atom. The maximum absolute atomic E-state index is 13.2. The summed E-state index contributed by atoms with van der Waals surface area (Å²) in [6.07, 6.45) is 0.0157. The van der Waals surface area contributed by atoms with Gasteiger partial charge in [0.05, 0.1) is 0 Å². The van der Waals surface area contributed by atoms with Crippen LogP contribution >= 0.6 is 15.9 Å². The summed E-state index contributed by atoms with van der Waals surface area (Å²) in [5.41, 5.74) is 2.31. The van der Waals surface area contributed by atoms with Crippen LogP contribution in [0.2, 0.25) is 0 Å². The number of fused-ring (bicyclic) bond motifs is 1. The molecular formula is C17H16BrFO2. The second-order valence-corrected chi connectivity index (χ2v) is 6.83. The maximum Gasteiger partial charge on any atom is 0.124 e. The zero-order valence-corrected chi connectivity index (χ0v) is 13.4. The molecule has 3 rings (SSSR count). The van der Waals surface area contributed by atoms with Crippen LogP contribution in [-0.2, 0) is 6.42 Å². The van der Waals surface area contributed by atoms with E-state index in [0.717, 1.165) is 23.3 Å². The Bertz CT molecular complexity index is 697. The molecule has 2 aromatic carbocycles. The molecule has 1 aliphatic rings. The van der Waals surface area contributed by atoms with Crippen molar-refractivity contribution in [3.8, 4) is 5.75 Å². The topological polar surface area (TPSA) is 29.5 Å². The lowest BCUT2D eigenvalue weighted by atomic mass is 9.96. The van der Waals surface area contributed by atoms with E-state index in [1.807, 2.05) is 32.0 Å². The highest BCUT2D eigenvalue weighted by Gasteiger charge is 2.30. The third-order valence-electron chi connectivity index (χ3n) is 3.66. The van der Waals surface area contributed by atoms with Crippen LogP contribution in [0.15, 0.2) is 40.9 Å². The molecule has 4 heteroatoms. The molecule has 110 valence electrons. The number of aliphatic hydroxyl groups is 1. The highest BCUT2D eigenvalue weighted by atomic mass is 79.9. The van der Waals surface area contributed by atoms with Gasteiger partial charge in [0, 0.05) is 10.9 Å². The minimum atomic E-state index is -0.797. The van der Waals surface area contributed by atoms with Gasteiger partial charge in [0.25, 0.3) is 0 Å². The molecule has 0 saturated heterocycles. The molecule has 0 fully saturated rings. The van der Waals surface area contributed by atoms with Gasteiger partial charge >= 0.3 is 0 Å². The standard InChI is InChI=1S/C17H16BrFO2/c1-17(2)9-11-7-10(3-6-15(11)21-17)16(20)13-5-4-12(19)8-14(13)18/h3-8,16,20H,9H2,1-2H3. The van der Waals surface area contributed by atoms with Gasteiger partial charge in [-0.1, -0.05) is 28.1 Å². The number of rotatable bonds is 2. The van der Waals surface area contributed by atoms with Crippen LogP contribution in [0.4, 0.5) is 4.39 Å². The molecule has 0 aromatic heterocycles. The summed E-state index contributed by atoms with van der Waals surface area (Å²) in [4.78, 5) is 0. The molecule has 1 heterocycles. The van der Waals surface area contributed by atoms with Gasteiger partial charge in [0.2, 0.25) is 0 Å². The van der Waals surface area contributed by atoms with Crippen LogP contribution in [0.5, 0.6) is 5.75 Å². The van der Waals surface area contributed by atoms with E-state index in [1.54, 1.807) is 6.07 Å². The summed E-state index contributed by atoms with van der Waals surface area (Å²) >= 11 is 3.30. The zero-order valence-electron chi connectivity index (χ0n) is 11.9. The summed E-state index contributed by atoms with van der Waals surface area (Å²) in [7, 11) is 0. The van der Waals surface area contributed by atoms with Crippen molar-refractivity contribution in [1.29, 1.82) is 0 Å². The number of ether oxygens (including phenoxy) is 1. The Morgan fingerprint density at radius 2 is 2.00 bits per heavy atom. The van der Waals surface area contributed by atoms with Gasteiger partial charge in [0.15, 0.2) is 0 Å². The SMILES string of the molecule is CC1(C)Cc2cc(C(O)c3ccc(F)cc3Br)ccc2O1. The van der Waals surface area contributed by atoms with E-state index in [1.165, 1.54) is 12.1 Å². The molecule has 1 unspecified atom stereocenters. The molecular weight excluding hydrogens is 335 g/mol. The average molecular weight is 351 g/mol. The second kappa shape index (κ2) is 5.11.